The Labute approximate surface area is 211 Å². The van der Waals surface area contributed by atoms with E-state index in [1.165, 1.54) is 18.0 Å². The van der Waals surface area contributed by atoms with Gasteiger partial charge in [0.25, 0.3) is 0 Å². The minimum absolute atomic E-state index is 0.103. The number of halogens is 1. The van der Waals surface area contributed by atoms with Crippen LogP contribution in [0, 0.1) is 0 Å². The quantitative estimate of drug-likeness (QED) is 0.441. The summed E-state index contributed by atoms with van der Waals surface area (Å²) in [6.45, 7) is 3.79. The number of sulfonamides is 1. The predicted molar refractivity (Wildman–Crippen MR) is 139 cm³/mol. The van der Waals surface area contributed by atoms with Gasteiger partial charge in [0.1, 0.15) is 6.04 Å². The summed E-state index contributed by atoms with van der Waals surface area (Å²) in [6.07, 6.45) is 0.381. The number of hydrogen-bond donors (Lipinski definition) is 1. The van der Waals surface area contributed by atoms with E-state index in [1.54, 1.807) is 43.3 Å². The molecule has 2 amide bonds. The van der Waals surface area contributed by atoms with E-state index in [9.17, 15) is 18.0 Å². The highest BCUT2D eigenvalue weighted by molar-refractivity contribution is 7.89. The molecular weight excluding hydrogens is 486 g/mol. The van der Waals surface area contributed by atoms with Crippen LogP contribution in [0.3, 0.4) is 0 Å². The first-order valence-corrected chi connectivity index (χ1v) is 13.3. The van der Waals surface area contributed by atoms with E-state index in [2.05, 4.69) is 5.32 Å². The van der Waals surface area contributed by atoms with Crippen molar-refractivity contribution in [3.05, 3.63) is 77.3 Å². The highest BCUT2D eigenvalue weighted by atomic mass is 35.5. The van der Waals surface area contributed by atoms with Gasteiger partial charge in [0.05, 0.1) is 11.4 Å². The lowest BCUT2D eigenvalue weighted by atomic mass is 10.1. The van der Waals surface area contributed by atoms with Crippen molar-refractivity contribution in [1.82, 2.24) is 14.5 Å². The first kappa shape index (κ1) is 26.7. The highest BCUT2D eigenvalue weighted by Crippen LogP contribution is 2.22. The summed E-state index contributed by atoms with van der Waals surface area (Å²) < 4.78 is 27.6. The van der Waals surface area contributed by atoms with Gasteiger partial charge in [-0.1, -0.05) is 61.0 Å². The Bertz CT molecular complexity index is 1300. The van der Waals surface area contributed by atoms with Gasteiger partial charge in [0, 0.05) is 25.2 Å². The standard InChI is InChI=1S/C26H30ClN3O4S/c1-4-24(26(32)28-5-2)30(17-19-10-13-22(27)14-11-19)25(31)18-29(3)35(33,34)23-15-12-20-8-6-7-9-21(20)16-23/h6-16,24H,4-5,17-18H2,1-3H3,(H,28,32). The minimum Gasteiger partial charge on any atom is -0.355 e. The first-order valence-electron chi connectivity index (χ1n) is 11.4. The monoisotopic (exact) mass is 515 g/mol. The van der Waals surface area contributed by atoms with Crippen molar-refractivity contribution < 1.29 is 18.0 Å². The lowest BCUT2D eigenvalue weighted by Crippen LogP contribution is -2.51. The largest absolute Gasteiger partial charge is 0.355 e. The molecule has 1 N–H and O–H groups in total. The van der Waals surface area contributed by atoms with Gasteiger partial charge in [-0.2, -0.15) is 4.31 Å². The van der Waals surface area contributed by atoms with E-state index in [-0.39, 0.29) is 17.3 Å². The van der Waals surface area contributed by atoms with Gasteiger partial charge in [0.15, 0.2) is 0 Å². The molecule has 3 aromatic rings. The van der Waals surface area contributed by atoms with Crippen LogP contribution in [0.25, 0.3) is 10.8 Å². The Kier molecular flexibility index (Phi) is 8.88. The maximum absolute atomic E-state index is 13.4. The SMILES string of the molecule is CCNC(=O)C(CC)N(Cc1ccc(Cl)cc1)C(=O)CN(C)S(=O)(=O)c1ccc2ccccc2c1. The molecule has 0 aliphatic rings. The van der Waals surface area contributed by atoms with E-state index >= 15 is 0 Å². The number of fused-ring (bicyclic) bond motifs is 1. The molecule has 3 rings (SSSR count). The molecule has 0 aliphatic carbocycles. The lowest BCUT2D eigenvalue weighted by molar-refractivity contribution is -0.141. The normalized spacial score (nSPS) is 12.5. The average Bonchev–Trinajstić information content (AvgIpc) is 2.84. The highest BCUT2D eigenvalue weighted by Gasteiger charge is 2.31. The zero-order valence-electron chi connectivity index (χ0n) is 20.1. The van der Waals surface area contributed by atoms with Crippen molar-refractivity contribution in [2.45, 2.75) is 37.8 Å². The van der Waals surface area contributed by atoms with Crippen LogP contribution < -0.4 is 5.32 Å². The van der Waals surface area contributed by atoms with Crippen molar-refractivity contribution in [2.24, 2.45) is 0 Å². The molecule has 1 unspecified atom stereocenters. The molecule has 3 aromatic carbocycles. The lowest BCUT2D eigenvalue weighted by Gasteiger charge is -2.32. The summed E-state index contributed by atoms with van der Waals surface area (Å²) in [5.41, 5.74) is 0.783. The molecule has 1 atom stereocenters. The summed E-state index contributed by atoms with van der Waals surface area (Å²) in [5.74, 6) is -0.748. The van der Waals surface area contributed by atoms with Crippen molar-refractivity contribution in [2.75, 3.05) is 20.1 Å². The van der Waals surface area contributed by atoms with Crippen LogP contribution in [-0.4, -0.2) is 55.6 Å². The maximum Gasteiger partial charge on any atom is 0.243 e. The van der Waals surface area contributed by atoms with E-state index in [0.717, 1.165) is 20.6 Å². The minimum atomic E-state index is -3.93. The number of carbonyl (C=O) groups is 2. The molecule has 0 aliphatic heterocycles. The summed E-state index contributed by atoms with van der Waals surface area (Å²) in [4.78, 5) is 27.7. The summed E-state index contributed by atoms with van der Waals surface area (Å²) in [5, 5.41) is 5.04. The van der Waals surface area contributed by atoms with E-state index < -0.39 is 28.5 Å². The van der Waals surface area contributed by atoms with Crippen molar-refractivity contribution >= 4 is 44.2 Å². The van der Waals surface area contributed by atoms with Crippen LogP contribution in [0.5, 0.6) is 0 Å². The van der Waals surface area contributed by atoms with E-state index in [1.807, 2.05) is 31.2 Å². The fraction of sp³-hybridized carbons (Fsp3) is 0.308. The number of likely N-dealkylation sites (N-methyl/N-ethyl adjacent to an activating group) is 2. The predicted octanol–water partition coefficient (Wildman–Crippen LogP) is 4.06. The molecule has 0 saturated carbocycles. The van der Waals surface area contributed by atoms with Crippen LogP contribution in [-0.2, 0) is 26.2 Å². The molecule has 0 bridgehead atoms. The summed E-state index contributed by atoms with van der Waals surface area (Å²) >= 11 is 5.99. The Morgan fingerprint density at radius 3 is 2.26 bits per heavy atom. The molecule has 9 heteroatoms. The van der Waals surface area contributed by atoms with Gasteiger partial charge in [-0.25, -0.2) is 8.42 Å². The van der Waals surface area contributed by atoms with Crippen LogP contribution in [0.1, 0.15) is 25.8 Å². The molecular formula is C26H30ClN3O4S. The number of amides is 2. The van der Waals surface area contributed by atoms with Crippen molar-refractivity contribution in [1.29, 1.82) is 0 Å². The topological polar surface area (TPSA) is 86.8 Å². The number of hydrogen-bond acceptors (Lipinski definition) is 4. The van der Waals surface area contributed by atoms with E-state index in [4.69, 9.17) is 11.6 Å². The first-order chi connectivity index (χ1) is 16.7. The van der Waals surface area contributed by atoms with Crippen molar-refractivity contribution in [3.63, 3.8) is 0 Å². The van der Waals surface area contributed by atoms with Gasteiger partial charge in [0.2, 0.25) is 21.8 Å². The zero-order valence-corrected chi connectivity index (χ0v) is 21.6. The Hall–Kier alpha value is -2.94. The third-order valence-corrected chi connectivity index (χ3v) is 7.84. The number of carbonyl (C=O) groups excluding carboxylic acids is 2. The van der Waals surface area contributed by atoms with Gasteiger partial charge >= 0.3 is 0 Å². The molecule has 186 valence electrons. The Morgan fingerprint density at radius 1 is 0.971 bits per heavy atom. The summed E-state index contributed by atoms with van der Waals surface area (Å²) in [7, 11) is -2.56. The second-order valence-corrected chi connectivity index (χ2v) is 10.7. The van der Waals surface area contributed by atoms with Crippen LogP contribution in [0.4, 0.5) is 0 Å². The molecule has 0 saturated heterocycles. The fourth-order valence-corrected chi connectivity index (χ4v) is 5.15. The van der Waals surface area contributed by atoms with Gasteiger partial charge < -0.3 is 10.2 Å². The van der Waals surface area contributed by atoms with Crippen molar-refractivity contribution in [3.8, 4) is 0 Å². The van der Waals surface area contributed by atoms with Crippen LogP contribution in [0.15, 0.2) is 71.6 Å². The summed E-state index contributed by atoms with van der Waals surface area (Å²) in [6, 6.07) is 18.6. The van der Waals surface area contributed by atoms with Crippen LogP contribution in [0.2, 0.25) is 5.02 Å². The third kappa shape index (κ3) is 6.39. The molecule has 0 radical (unpaired) electrons. The zero-order chi connectivity index (χ0) is 25.6. The molecule has 0 aromatic heterocycles. The molecule has 7 nitrogen and oxygen atoms in total. The average molecular weight is 516 g/mol. The second-order valence-electron chi connectivity index (χ2n) is 8.24. The number of rotatable bonds is 10. The fourth-order valence-electron chi connectivity index (χ4n) is 3.87. The number of nitrogens with zero attached hydrogens (tertiary/aromatic N) is 2. The molecule has 35 heavy (non-hydrogen) atoms. The number of nitrogens with one attached hydrogen (secondary N) is 1. The van der Waals surface area contributed by atoms with Gasteiger partial charge in [-0.05, 0) is 53.9 Å². The smallest absolute Gasteiger partial charge is 0.243 e. The number of benzene rings is 3. The second kappa shape index (κ2) is 11.7. The Balaban J connectivity index is 1.87. The third-order valence-electron chi connectivity index (χ3n) is 5.79. The van der Waals surface area contributed by atoms with Crippen LogP contribution >= 0.6 is 11.6 Å². The van der Waals surface area contributed by atoms with Gasteiger partial charge in [-0.3, -0.25) is 9.59 Å². The maximum atomic E-state index is 13.4. The molecule has 0 fully saturated rings. The van der Waals surface area contributed by atoms with Gasteiger partial charge in [-0.15, -0.1) is 0 Å². The van der Waals surface area contributed by atoms with E-state index in [0.29, 0.717) is 18.0 Å². The molecule has 0 heterocycles. The Morgan fingerprint density at radius 2 is 1.63 bits per heavy atom. The molecule has 0 spiro atoms.